The number of carbonyl (C=O) groups excluding carboxylic acids is 3. The van der Waals surface area contributed by atoms with Crippen molar-refractivity contribution in [2.45, 2.75) is 96.0 Å². The summed E-state index contributed by atoms with van der Waals surface area (Å²) in [6.45, 7) is 7.63. The monoisotopic (exact) mass is 579 g/mol. The standard InChI is InChI=1S/C29H45N3O7S/c1-20(30-27(34)23-15-17-32(18-16-23)28(35)39-29(2,3)4)26(33)31-40(36,37)25(22-9-7-6-8-10-22)19-21-11-13-24(38-5)14-12-21/h11-14,20,22-23,25H,6-10,15-19H2,1-5H3,(H,30,34)(H,31,33)/t20-,25?/m1/s1. The number of methoxy groups -OCH3 is 1. The van der Waals surface area contributed by atoms with Gasteiger partial charge in [0.05, 0.1) is 12.4 Å². The average Bonchev–Trinajstić information content (AvgIpc) is 2.91. The molecule has 0 spiro atoms. The number of rotatable bonds is 9. The van der Waals surface area contributed by atoms with Gasteiger partial charge in [0, 0.05) is 19.0 Å². The quantitative estimate of drug-likeness (QED) is 0.455. The van der Waals surface area contributed by atoms with Crippen LogP contribution in [-0.4, -0.2) is 68.3 Å². The van der Waals surface area contributed by atoms with Gasteiger partial charge < -0.3 is 19.7 Å². The van der Waals surface area contributed by atoms with Gasteiger partial charge in [0.15, 0.2) is 0 Å². The summed E-state index contributed by atoms with van der Waals surface area (Å²) in [5.74, 6) is -0.827. The predicted molar refractivity (Wildman–Crippen MR) is 152 cm³/mol. The Labute approximate surface area is 238 Å². The van der Waals surface area contributed by atoms with Gasteiger partial charge >= 0.3 is 6.09 Å². The SMILES string of the molecule is COc1ccc(CC(C2CCCCC2)S(=O)(=O)NC(=O)[C@@H](C)NC(=O)C2CCN(C(=O)OC(C)(C)C)CC2)cc1. The minimum Gasteiger partial charge on any atom is -0.497 e. The second-order valence-corrected chi connectivity index (χ2v) is 13.9. The third-order valence-corrected chi connectivity index (χ3v) is 9.52. The van der Waals surface area contributed by atoms with Gasteiger partial charge in [-0.3, -0.25) is 14.3 Å². The molecule has 224 valence electrons. The molecule has 1 saturated heterocycles. The van der Waals surface area contributed by atoms with E-state index in [2.05, 4.69) is 10.0 Å². The maximum absolute atomic E-state index is 13.5. The van der Waals surface area contributed by atoms with E-state index in [0.29, 0.717) is 31.7 Å². The number of ether oxygens (including phenoxy) is 2. The number of likely N-dealkylation sites (tertiary alicyclic amines) is 1. The molecule has 1 aromatic carbocycles. The zero-order chi connectivity index (χ0) is 29.5. The molecule has 2 aliphatic rings. The Morgan fingerprint density at radius 1 is 1.00 bits per heavy atom. The number of hydrogen-bond donors (Lipinski definition) is 2. The molecule has 0 radical (unpaired) electrons. The van der Waals surface area contributed by atoms with Crippen molar-refractivity contribution < 1.29 is 32.3 Å². The zero-order valence-electron chi connectivity index (χ0n) is 24.4. The van der Waals surface area contributed by atoms with Gasteiger partial charge in [-0.1, -0.05) is 31.4 Å². The van der Waals surface area contributed by atoms with Crippen molar-refractivity contribution in [3.8, 4) is 5.75 Å². The molecular formula is C29H45N3O7S. The van der Waals surface area contributed by atoms with Gasteiger partial charge in [-0.2, -0.15) is 0 Å². The number of carbonyl (C=O) groups is 3. The lowest BCUT2D eigenvalue weighted by molar-refractivity contribution is -0.131. The Hall–Kier alpha value is -2.82. The van der Waals surface area contributed by atoms with Crippen molar-refractivity contribution in [2.75, 3.05) is 20.2 Å². The van der Waals surface area contributed by atoms with Crippen LogP contribution in [0.25, 0.3) is 0 Å². The molecule has 3 amide bonds. The van der Waals surface area contributed by atoms with Crippen molar-refractivity contribution in [2.24, 2.45) is 11.8 Å². The lowest BCUT2D eigenvalue weighted by atomic mass is 9.85. The number of sulfonamides is 1. The van der Waals surface area contributed by atoms with Crippen LogP contribution >= 0.6 is 0 Å². The van der Waals surface area contributed by atoms with E-state index in [-0.39, 0.29) is 24.2 Å². The van der Waals surface area contributed by atoms with Crippen molar-refractivity contribution in [3.63, 3.8) is 0 Å². The lowest BCUT2D eigenvalue weighted by Crippen LogP contribution is -2.52. The third-order valence-electron chi connectivity index (χ3n) is 7.68. The fourth-order valence-electron chi connectivity index (χ4n) is 5.38. The Kier molecular flexibility index (Phi) is 10.9. The topological polar surface area (TPSA) is 131 Å². The number of nitrogens with zero attached hydrogens (tertiary/aromatic N) is 1. The summed E-state index contributed by atoms with van der Waals surface area (Å²) in [5.41, 5.74) is 0.257. The Bertz CT molecular complexity index is 1120. The van der Waals surface area contributed by atoms with Gasteiger partial charge in [-0.05, 0) is 83.4 Å². The van der Waals surface area contributed by atoms with Crippen LogP contribution in [0.2, 0.25) is 0 Å². The Morgan fingerprint density at radius 3 is 2.15 bits per heavy atom. The third kappa shape index (κ3) is 9.11. The average molecular weight is 580 g/mol. The molecule has 1 aliphatic carbocycles. The number of hydrogen-bond acceptors (Lipinski definition) is 7. The fourth-order valence-corrected chi connectivity index (χ4v) is 7.18. The molecule has 2 N–H and O–H groups in total. The van der Waals surface area contributed by atoms with Crippen LogP contribution in [0.5, 0.6) is 5.75 Å². The van der Waals surface area contributed by atoms with E-state index in [9.17, 15) is 22.8 Å². The number of piperidine rings is 1. The van der Waals surface area contributed by atoms with Gasteiger partial charge in [0.2, 0.25) is 15.9 Å². The molecule has 0 bridgehead atoms. The van der Waals surface area contributed by atoms with Crippen molar-refractivity contribution in [1.82, 2.24) is 14.9 Å². The molecule has 40 heavy (non-hydrogen) atoms. The lowest BCUT2D eigenvalue weighted by Gasteiger charge is -2.33. The fraction of sp³-hybridized carbons (Fsp3) is 0.690. The van der Waals surface area contributed by atoms with E-state index in [1.165, 1.54) is 6.92 Å². The second kappa shape index (κ2) is 13.7. The molecule has 10 nitrogen and oxygen atoms in total. The molecule has 1 heterocycles. The molecular weight excluding hydrogens is 534 g/mol. The summed E-state index contributed by atoms with van der Waals surface area (Å²) in [4.78, 5) is 39.7. The van der Waals surface area contributed by atoms with Crippen LogP contribution in [0.1, 0.15) is 78.2 Å². The molecule has 1 aromatic rings. The highest BCUT2D eigenvalue weighted by atomic mass is 32.2. The molecule has 1 saturated carbocycles. The normalized spacial score (nSPS) is 18.9. The maximum atomic E-state index is 13.5. The van der Waals surface area contributed by atoms with Crippen molar-refractivity contribution in [3.05, 3.63) is 29.8 Å². The second-order valence-electron chi connectivity index (χ2n) is 12.0. The summed E-state index contributed by atoms with van der Waals surface area (Å²) in [5, 5.41) is 1.91. The Balaban J connectivity index is 1.58. The molecule has 1 unspecified atom stereocenters. The van der Waals surface area contributed by atoms with E-state index in [4.69, 9.17) is 9.47 Å². The van der Waals surface area contributed by atoms with Crippen LogP contribution in [0.3, 0.4) is 0 Å². The summed E-state index contributed by atoms with van der Waals surface area (Å²) < 4.78 is 40.0. The molecule has 1 aliphatic heterocycles. The van der Waals surface area contributed by atoms with Gasteiger partial charge in [-0.25, -0.2) is 13.2 Å². The molecule has 3 rings (SSSR count). The number of benzene rings is 1. The smallest absolute Gasteiger partial charge is 0.410 e. The van der Waals surface area contributed by atoms with Gasteiger partial charge in [0.1, 0.15) is 17.4 Å². The highest BCUT2D eigenvalue weighted by Gasteiger charge is 2.37. The number of amides is 3. The summed E-state index contributed by atoms with van der Waals surface area (Å²) in [6.07, 6.45) is 5.35. The van der Waals surface area contributed by atoms with Crippen molar-refractivity contribution >= 4 is 27.9 Å². The van der Waals surface area contributed by atoms with Crippen LogP contribution in [0.4, 0.5) is 4.79 Å². The molecule has 0 aromatic heterocycles. The first-order valence-corrected chi connectivity index (χ1v) is 15.8. The van der Waals surface area contributed by atoms with Crippen molar-refractivity contribution in [1.29, 1.82) is 0 Å². The largest absolute Gasteiger partial charge is 0.497 e. The Morgan fingerprint density at radius 2 is 1.60 bits per heavy atom. The van der Waals surface area contributed by atoms with E-state index in [1.54, 1.807) is 44.9 Å². The highest BCUT2D eigenvalue weighted by molar-refractivity contribution is 7.90. The van der Waals surface area contributed by atoms with Gasteiger partial charge in [0.25, 0.3) is 5.91 Å². The van der Waals surface area contributed by atoms with Crippen LogP contribution < -0.4 is 14.8 Å². The van der Waals surface area contributed by atoms with E-state index >= 15 is 0 Å². The van der Waals surface area contributed by atoms with Gasteiger partial charge in [-0.15, -0.1) is 0 Å². The number of nitrogens with one attached hydrogen (secondary N) is 2. The first-order chi connectivity index (χ1) is 18.8. The first kappa shape index (κ1) is 31.7. The first-order valence-electron chi connectivity index (χ1n) is 14.3. The summed E-state index contributed by atoms with van der Waals surface area (Å²) in [6, 6.07) is 6.27. The molecule has 2 atom stereocenters. The minimum atomic E-state index is -4.01. The van der Waals surface area contributed by atoms with E-state index in [0.717, 1.165) is 37.7 Å². The summed E-state index contributed by atoms with van der Waals surface area (Å²) in [7, 11) is -2.44. The van der Waals surface area contributed by atoms with E-state index in [1.807, 2.05) is 12.1 Å². The van der Waals surface area contributed by atoms with Crippen LogP contribution in [0, 0.1) is 11.8 Å². The zero-order valence-corrected chi connectivity index (χ0v) is 25.2. The van der Waals surface area contributed by atoms with Crippen LogP contribution in [-0.2, 0) is 30.8 Å². The van der Waals surface area contributed by atoms with E-state index < -0.39 is 38.9 Å². The minimum absolute atomic E-state index is 0.0544. The maximum Gasteiger partial charge on any atom is 0.410 e. The summed E-state index contributed by atoms with van der Waals surface area (Å²) >= 11 is 0. The molecule has 11 heteroatoms. The molecule has 2 fully saturated rings. The van der Waals surface area contributed by atoms with Crippen LogP contribution in [0.15, 0.2) is 24.3 Å². The highest BCUT2D eigenvalue weighted by Crippen LogP contribution is 2.32. The predicted octanol–water partition coefficient (Wildman–Crippen LogP) is 3.78.